The molecule has 2 aromatic rings. The average Bonchev–Trinajstić information content (AvgIpc) is 2.44. The summed E-state index contributed by atoms with van der Waals surface area (Å²) in [6.45, 7) is 0.689. The Hall–Kier alpha value is -1.60. The molecule has 90 valence electrons. The second kappa shape index (κ2) is 3.69. The van der Waals surface area contributed by atoms with Crippen molar-refractivity contribution in [1.82, 2.24) is 0 Å². The van der Waals surface area contributed by atoms with E-state index >= 15 is 0 Å². The van der Waals surface area contributed by atoms with E-state index < -0.39 is 0 Å². The van der Waals surface area contributed by atoms with Gasteiger partial charge in [-0.2, -0.15) is 0 Å². The van der Waals surface area contributed by atoms with Crippen LogP contribution >= 0.6 is 0 Å². The molecule has 18 heavy (non-hydrogen) atoms. The molecule has 1 heteroatoms. The highest BCUT2D eigenvalue weighted by Crippen LogP contribution is 2.45. The second-order valence-electron chi connectivity index (χ2n) is 5.45. The molecule has 0 saturated heterocycles. The fourth-order valence-electron chi connectivity index (χ4n) is 3.73. The lowest BCUT2D eigenvalue weighted by molar-refractivity contribution is 0.606. The summed E-state index contributed by atoms with van der Waals surface area (Å²) in [5, 5.41) is 2.86. The van der Waals surface area contributed by atoms with E-state index in [1.807, 2.05) is 0 Å². The van der Waals surface area contributed by atoms with Crippen LogP contribution < -0.4 is 5.73 Å². The molecule has 0 aromatic heterocycles. The Labute approximate surface area is 107 Å². The van der Waals surface area contributed by atoms with Crippen molar-refractivity contribution in [3.8, 4) is 0 Å². The number of rotatable bonds is 1. The molecule has 2 N–H and O–H groups in total. The molecule has 1 unspecified atom stereocenters. The molecule has 0 saturated carbocycles. The fourth-order valence-corrected chi connectivity index (χ4v) is 3.73. The maximum absolute atomic E-state index is 5.96. The van der Waals surface area contributed by atoms with Crippen LogP contribution in [0.5, 0.6) is 0 Å². The van der Waals surface area contributed by atoms with Crippen LogP contribution in [0.25, 0.3) is 16.8 Å². The number of hydrogen-bond acceptors (Lipinski definition) is 1. The van der Waals surface area contributed by atoms with Gasteiger partial charge in [-0.1, -0.05) is 36.4 Å². The van der Waals surface area contributed by atoms with Crippen molar-refractivity contribution in [1.29, 1.82) is 0 Å². The van der Waals surface area contributed by atoms with Crippen LogP contribution in [0, 0.1) is 0 Å². The molecule has 2 aromatic carbocycles. The summed E-state index contributed by atoms with van der Waals surface area (Å²) in [5.74, 6) is 0.581. The molecule has 0 spiro atoms. The third-order valence-corrected chi connectivity index (χ3v) is 4.52. The molecule has 0 heterocycles. The van der Waals surface area contributed by atoms with Crippen LogP contribution in [0.15, 0.2) is 35.9 Å². The topological polar surface area (TPSA) is 26.0 Å². The van der Waals surface area contributed by atoms with Gasteiger partial charge in [-0.05, 0) is 52.3 Å². The van der Waals surface area contributed by atoms with E-state index in [0.717, 1.165) is 0 Å². The lowest BCUT2D eigenvalue weighted by atomic mass is 9.72. The largest absolute Gasteiger partial charge is 0.327 e. The molecule has 0 amide bonds. The first kappa shape index (κ1) is 10.3. The SMILES string of the molecule is NCC1=Cc2cccc3ccc4c(c23)C1CCC4. The lowest BCUT2D eigenvalue weighted by Crippen LogP contribution is -2.20. The molecule has 0 fully saturated rings. The summed E-state index contributed by atoms with van der Waals surface area (Å²) in [5.41, 5.74) is 11.9. The highest BCUT2D eigenvalue weighted by atomic mass is 14.5. The molecular formula is C17H17N. The predicted octanol–water partition coefficient (Wildman–Crippen LogP) is 3.62. The zero-order chi connectivity index (χ0) is 12.1. The molecular weight excluding hydrogens is 218 g/mol. The molecule has 0 radical (unpaired) electrons. The van der Waals surface area contributed by atoms with Gasteiger partial charge in [0.25, 0.3) is 0 Å². The Morgan fingerprint density at radius 1 is 1.17 bits per heavy atom. The molecule has 0 aliphatic heterocycles. The van der Waals surface area contributed by atoms with Crippen molar-refractivity contribution in [2.24, 2.45) is 5.73 Å². The van der Waals surface area contributed by atoms with Crippen LogP contribution in [-0.4, -0.2) is 6.54 Å². The molecule has 4 rings (SSSR count). The third-order valence-electron chi connectivity index (χ3n) is 4.52. The summed E-state index contributed by atoms with van der Waals surface area (Å²) < 4.78 is 0. The van der Waals surface area contributed by atoms with E-state index in [1.165, 1.54) is 41.2 Å². The van der Waals surface area contributed by atoms with Crippen molar-refractivity contribution >= 4 is 16.8 Å². The van der Waals surface area contributed by atoms with Crippen LogP contribution in [0.2, 0.25) is 0 Å². The van der Waals surface area contributed by atoms with Crippen molar-refractivity contribution in [3.05, 3.63) is 52.6 Å². The number of hydrogen-bond donors (Lipinski definition) is 1. The minimum absolute atomic E-state index is 0.581. The minimum Gasteiger partial charge on any atom is -0.327 e. The van der Waals surface area contributed by atoms with Crippen LogP contribution in [-0.2, 0) is 6.42 Å². The van der Waals surface area contributed by atoms with E-state index in [2.05, 4.69) is 36.4 Å². The van der Waals surface area contributed by atoms with Crippen LogP contribution in [0.4, 0.5) is 0 Å². The van der Waals surface area contributed by atoms with Gasteiger partial charge in [-0.15, -0.1) is 0 Å². The summed E-state index contributed by atoms with van der Waals surface area (Å²) in [4.78, 5) is 0. The van der Waals surface area contributed by atoms with Crippen LogP contribution in [0.3, 0.4) is 0 Å². The first-order valence-corrected chi connectivity index (χ1v) is 6.83. The van der Waals surface area contributed by atoms with Crippen LogP contribution in [0.1, 0.15) is 35.4 Å². The Bertz CT molecular complexity index is 667. The first-order valence-electron chi connectivity index (χ1n) is 6.83. The number of aryl methyl sites for hydroxylation is 1. The molecule has 2 aliphatic carbocycles. The van der Waals surface area contributed by atoms with Gasteiger partial charge < -0.3 is 5.73 Å². The van der Waals surface area contributed by atoms with E-state index in [-0.39, 0.29) is 0 Å². The smallest absolute Gasteiger partial charge is 0.0146 e. The Morgan fingerprint density at radius 3 is 3.00 bits per heavy atom. The van der Waals surface area contributed by atoms with E-state index in [9.17, 15) is 0 Å². The highest BCUT2D eigenvalue weighted by Gasteiger charge is 2.28. The minimum atomic E-state index is 0.581. The average molecular weight is 235 g/mol. The Kier molecular flexibility index (Phi) is 2.12. The fraction of sp³-hybridized carbons (Fsp3) is 0.294. The maximum atomic E-state index is 5.96. The zero-order valence-electron chi connectivity index (χ0n) is 10.4. The van der Waals surface area contributed by atoms with E-state index in [0.29, 0.717) is 12.5 Å². The lowest BCUT2D eigenvalue weighted by Gasteiger charge is -2.32. The van der Waals surface area contributed by atoms with Gasteiger partial charge in [0.15, 0.2) is 0 Å². The summed E-state index contributed by atoms with van der Waals surface area (Å²) in [6.07, 6.45) is 6.12. The Morgan fingerprint density at radius 2 is 2.11 bits per heavy atom. The summed E-state index contributed by atoms with van der Waals surface area (Å²) in [7, 11) is 0. The van der Waals surface area contributed by atoms with Crippen molar-refractivity contribution in [2.75, 3.05) is 6.54 Å². The maximum Gasteiger partial charge on any atom is 0.0146 e. The highest BCUT2D eigenvalue weighted by molar-refractivity contribution is 5.97. The van der Waals surface area contributed by atoms with Crippen molar-refractivity contribution < 1.29 is 0 Å². The quantitative estimate of drug-likeness (QED) is 0.802. The normalized spacial score (nSPS) is 20.9. The van der Waals surface area contributed by atoms with Gasteiger partial charge in [0.1, 0.15) is 0 Å². The molecule has 1 nitrogen and oxygen atoms in total. The molecule has 2 aliphatic rings. The van der Waals surface area contributed by atoms with Gasteiger partial charge in [0, 0.05) is 12.5 Å². The van der Waals surface area contributed by atoms with Gasteiger partial charge in [0.05, 0.1) is 0 Å². The first-order chi connectivity index (χ1) is 8.88. The predicted molar refractivity (Wildman–Crippen MR) is 76.7 cm³/mol. The molecule has 1 atom stereocenters. The second-order valence-corrected chi connectivity index (χ2v) is 5.45. The van der Waals surface area contributed by atoms with Gasteiger partial charge in [-0.25, -0.2) is 0 Å². The Balaban J connectivity index is 2.15. The van der Waals surface area contributed by atoms with Crippen molar-refractivity contribution in [2.45, 2.75) is 25.2 Å². The zero-order valence-corrected chi connectivity index (χ0v) is 10.4. The standard InChI is InChI=1S/C17H17N/c18-10-14-9-13-5-1-3-11-7-8-12-4-2-6-15(14)17(12)16(11)13/h1,3,5,7-9,15H,2,4,6,10,18H2. The number of nitrogens with two attached hydrogens (primary N) is 1. The third kappa shape index (κ3) is 1.25. The summed E-state index contributed by atoms with van der Waals surface area (Å²) in [6, 6.07) is 11.2. The van der Waals surface area contributed by atoms with Gasteiger partial charge in [0.2, 0.25) is 0 Å². The van der Waals surface area contributed by atoms with Gasteiger partial charge in [-0.3, -0.25) is 0 Å². The van der Waals surface area contributed by atoms with E-state index in [4.69, 9.17) is 5.73 Å². The number of benzene rings is 2. The molecule has 0 bridgehead atoms. The monoisotopic (exact) mass is 235 g/mol. The van der Waals surface area contributed by atoms with E-state index in [1.54, 1.807) is 11.1 Å². The summed E-state index contributed by atoms with van der Waals surface area (Å²) >= 11 is 0. The van der Waals surface area contributed by atoms with Gasteiger partial charge >= 0.3 is 0 Å². The van der Waals surface area contributed by atoms with Crippen molar-refractivity contribution in [3.63, 3.8) is 0 Å².